The van der Waals surface area contributed by atoms with Crippen molar-refractivity contribution in [3.8, 4) is 0 Å². The molecule has 8 heteroatoms. The highest BCUT2D eigenvalue weighted by molar-refractivity contribution is 14.1. The van der Waals surface area contributed by atoms with E-state index in [9.17, 15) is 13.2 Å². The molecular formula is C11H15F3IN3O. The summed E-state index contributed by atoms with van der Waals surface area (Å²) >= 11 is 2.18. The number of hydrogen-bond donors (Lipinski definition) is 0. The molecule has 0 aliphatic carbocycles. The molecular weight excluding hydrogens is 374 g/mol. The highest BCUT2D eigenvalue weighted by Crippen LogP contribution is 2.28. The smallest absolute Gasteiger partial charge is 0.372 e. The van der Waals surface area contributed by atoms with Gasteiger partial charge in [0.25, 0.3) is 0 Å². The summed E-state index contributed by atoms with van der Waals surface area (Å²) in [6, 6.07) is 0. The number of morpholine rings is 1. The van der Waals surface area contributed by atoms with E-state index >= 15 is 0 Å². The highest BCUT2D eigenvalue weighted by atomic mass is 127. The molecule has 1 aliphatic heterocycles. The second-order valence-corrected chi connectivity index (χ2v) is 6.53. The average molecular weight is 389 g/mol. The number of imidazole rings is 1. The number of nitrogens with zero attached hydrogens (tertiary/aromatic N) is 3. The molecule has 0 aromatic carbocycles. The first-order valence-corrected chi connectivity index (χ1v) is 7.05. The van der Waals surface area contributed by atoms with Gasteiger partial charge in [-0.05, 0) is 13.8 Å². The zero-order valence-electron chi connectivity index (χ0n) is 10.6. The minimum absolute atomic E-state index is 0.00636. The molecule has 2 rings (SSSR count). The van der Waals surface area contributed by atoms with Crippen LogP contribution in [0.1, 0.15) is 19.7 Å². The standard InChI is InChI=1S/C11H15F3IN3O/c1-10(2)7-17(8(15)6-19-10)5-9-16-3-4-18(9)11(12,13)14/h3-4,8H,5-7H2,1-2H3/t8-/m0/s1. The van der Waals surface area contributed by atoms with E-state index < -0.39 is 6.30 Å². The van der Waals surface area contributed by atoms with Crippen LogP contribution in [-0.4, -0.2) is 37.3 Å². The molecule has 1 aromatic heterocycles. The Balaban J connectivity index is 2.15. The van der Waals surface area contributed by atoms with E-state index in [4.69, 9.17) is 4.74 Å². The fourth-order valence-corrected chi connectivity index (χ4v) is 2.63. The van der Waals surface area contributed by atoms with Gasteiger partial charge in [-0.1, -0.05) is 22.6 Å². The molecule has 0 spiro atoms. The topological polar surface area (TPSA) is 30.3 Å². The largest absolute Gasteiger partial charge is 0.489 e. The van der Waals surface area contributed by atoms with Crippen molar-refractivity contribution in [1.82, 2.24) is 14.5 Å². The third-order valence-electron chi connectivity index (χ3n) is 2.93. The van der Waals surface area contributed by atoms with Crippen molar-refractivity contribution >= 4 is 22.6 Å². The van der Waals surface area contributed by atoms with E-state index in [2.05, 4.69) is 27.6 Å². The summed E-state index contributed by atoms with van der Waals surface area (Å²) in [7, 11) is 0. The first-order chi connectivity index (χ1) is 8.69. The van der Waals surface area contributed by atoms with Crippen LogP contribution in [0.25, 0.3) is 0 Å². The van der Waals surface area contributed by atoms with Crippen LogP contribution in [0.4, 0.5) is 13.2 Å². The zero-order chi connectivity index (χ0) is 14.3. The van der Waals surface area contributed by atoms with Crippen LogP contribution >= 0.6 is 22.6 Å². The van der Waals surface area contributed by atoms with Crippen LogP contribution in [0.5, 0.6) is 0 Å². The first-order valence-electron chi connectivity index (χ1n) is 5.80. The Morgan fingerprint density at radius 3 is 2.84 bits per heavy atom. The van der Waals surface area contributed by atoms with Gasteiger partial charge in [-0.15, -0.1) is 13.2 Å². The molecule has 0 bridgehead atoms. The number of halogens is 4. The van der Waals surface area contributed by atoms with Gasteiger partial charge in [0.2, 0.25) is 0 Å². The number of aromatic nitrogens is 2. The second kappa shape index (κ2) is 5.21. The second-order valence-electron chi connectivity index (χ2n) is 5.09. The minimum atomic E-state index is -4.42. The third kappa shape index (κ3) is 3.60. The number of rotatable bonds is 2. The lowest BCUT2D eigenvalue weighted by Crippen LogP contribution is -2.51. The molecule has 2 heterocycles. The predicted octanol–water partition coefficient (Wildman–Crippen LogP) is 2.73. The summed E-state index contributed by atoms with van der Waals surface area (Å²) in [5, 5.41) is 0. The Hall–Kier alpha value is -0.350. The molecule has 1 fully saturated rings. The molecule has 0 radical (unpaired) electrons. The van der Waals surface area contributed by atoms with Crippen LogP contribution in [0.3, 0.4) is 0 Å². The molecule has 0 N–H and O–H groups in total. The van der Waals surface area contributed by atoms with E-state index in [0.29, 0.717) is 13.2 Å². The van der Waals surface area contributed by atoms with Gasteiger partial charge in [0.1, 0.15) is 5.82 Å². The number of alkyl halides is 4. The SMILES string of the molecule is CC1(C)CN(Cc2nccn2C(F)(F)F)[C@H](I)CO1. The van der Waals surface area contributed by atoms with E-state index in [-0.39, 0.29) is 26.6 Å². The Morgan fingerprint density at radius 2 is 2.21 bits per heavy atom. The van der Waals surface area contributed by atoms with E-state index in [1.165, 1.54) is 6.20 Å². The van der Waals surface area contributed by atoms with Crippen molar-refractivity contribution in [3.05, 3.63) is 18.2 Å². The third-order valence-corrected chi connectivity index (χ3v) is 4.07. The molecule has 19 heavy (non-hydrogen) atoms. The van der Waals surface area contributed by atoms with Gasteiger partial charge >= 0.3 is 6.30 Å². The average Bonchev–Trinajstić information content (AvgIpc) is 2.71. The maximum atomic E-state index is 12.8. The molecule has 1 saturated heterocycles. The van der Waals surface area contributed by atoms with Crippen molar-refractivity contribution in [2.75, 3.05) is 13.2 Å². The fraction of sp³-hybridized carbons (Fsp3) is 0.727. The lowest BCUT2D eigenvalue weighted by molar-refractivity contribution is -0.206. The van der Waals surface area contributed by atoms with Crippen molar-refractivity contribution in [3.63, 3.8) is 0 Å². The van der Waals surface area contributed by atoms with Crippen LogP contribution < -0.4 is 0 Å². The first kappa shape index (κ1) is 15.0. The van der Waals surface area contributed by atoms with Crippen LogP contribution in [-0.2, 0) is 17.6 Å². The van der Waals surface area contributed by atoms with Crippen molar-refractivity contribution < 1.29 is 17.9 Å². The molecule has 1 aromatic rings. The summed E-state index contributed by atoms with van der Waals surface area (Å²) < 4.78 is 44.2. The van der Waals surface area contributed by atoms with E-state index in [1.807, 2.05) is 18.7 Å². The molecule has 108 valence electrons. The lowest BCUT2D eigenvalue weighted by atomic mass is 10.1. The summed E-state index contributed by atoms with van der Waals surface area (Å²) in [5.41, 5.74) is -0.350. The van der Waals surface area contributed by atoms with E-state index in [1.54, 1.807) is 0 Å². The molecule has 1 atom stereocenters. The monoisotopic (exact) mass is 389 g/mol. The maximum absolute atomic E-state index is 12.8. The number of ether oxygens (including phenoxy) is 1. The molecule has 0 amide bonds. The summed E-state index contributed by atoms with van der Waals surface area (Å²) in [6.07, 6.45) is -2.30. The Labute approximate surface area is 123 Å². The van der Waals surface area contributed by atoms with Gasteiger partial charge in [0.15, 0.2) is 0 Å². The molecule has 1 aliphatic rings. The van der Waals surface area contributed by atoms with Crippen molar-refractivity contribution in [2.45, 2.75) is 36.3 Å². The van der Waals surface area contributed by atoms with Gasteiger partial charge < -0.3 is 4.74 Å². The summed E-state index contributed by atoms with van der Waals surface area (Å²) in [4.78, 5) is 5.77. The predicted molar refractivity (Wildman–Crippen MR) is 71.8 cm³/mol. The normalized spacial score (nSPS) is 24.6. The fourth-order valence-electron chi connectivity index (χ4n) is 2.05. The quantitative estimate of drug-likeness (QED) is 0.443. The molecule has 0 saturated carbocycles. The maximum Gasteiger partial charge on any atom is 0.489 e. The van der Waals surface area contributed by atoms with Gasteiger partial charge in [0, 0.05) is 18.9 Å². The van der Waals surface area contributed by atoms with Gasteiger partial charge in [-0.3, -0.25) is 4.90 Å². The van der Waals surface area contributed by atoms with Gasteiger partial charge in [-0.25, -0.2) is 9.55 Å². The van der Waals surface area contributed by atoms with Crippen LogP contribution in [0.2, 0.25) is 0 Å². The Bertz CT molecular complexity index is 447. The Morgan fingerprint density at radius 1 is 1.53 bits per heavy atom. The zero-order valence-corrected chi connectivity index (χ0v) is 12.8. The van der Waals surface area contributed by atoms with Gasteiger partial charge in [0.05, 0.1) is 22.8 Å². The number of hydrogen-bond acceptors (Lipinski definition) is 3. The van der Waals surface area contributed by atoms with Crippen molar-refractivity contribution in [1.29, 1.82) is 0 Å². The minimum Gasteiger partial charge on any atom is -0.372 e. The Kier molecular flexibility index (Phi) is 4.12. The highest BCUT2D eigenvalue weighted by Gasteiger charge is 2.36. The summed E-state index contributed by atoms with van der Waals surface area (Å²) in [6.45, 7) is 5.09. The van der Waals surface area contributed by atoms with Crippen molar-refractivity contribution in [2.24, 2.45) is 0 Å². The summed E-state index contributed by atoms with van der Waals surface area (Å²) in [5.74, 6) is 0.00636. The molecule has 0 unspecified atom stereocenters. The van der Waals surface area contributed by atoms with Crippen LogP contribution in [0.15, 0.2) is 12.4 Å². The van der Waals surface area contributed by atoms with E-state index in [0.717, 1.165) is 6.20 Å². The van der Waals surface area contributed by atoms with Crippen LogP contribution in [0, 0.1) is 0 Å². The lowest BCUT2D eigenvalue weighted by Gasteiger charge is -2.41. The molecule has 4 nitrogen and oxygen atoms in total. The van der Waals surface area contributed by atoms with Gasteiger partial charge in [-0.2, -0.15) is 0 Å².